The summed E-state index contributed by atoms with van der Waals surface area (Å²) in [6.45, 7) is 0.601. The molecule has 0 aromatic carbocycles. The van der Waals surface area contributed by atoms with E-state index in [1.165, 1.54) is 0 Å². The fourth-order valence-electron chi connectivity index (χ4n) is 1.29. The summed E-state index contributed by atoms with van der Waals surface area (Å²) in [5, 5.41) is 4.25. The van der Waals surface area contributed by atoms with E-state index in [-0.39, 0.29) is 5.28 Å². The Morgan fingerprint density at radius 2 is 2.38 bits per heavy atom. The van der Waals surface area contributed by atoms with Crippen LogP contribution in [-0.4, -0.2) is 21.1 Å². The van der Waals surface area contributed by atoms with Gasteiger partial charge in [0.1, 0.15) is 0 Å². The van der Waals surface area contributed by atoms with Crippen LogP contribution in [0.25, 0.3) is 5.65 Å². The van der Waals surface area contributed by atoms with Gasteiger partial charge in [-0.2, -0.15) is 4.98 Å². The summed E-state index contributed by atoms with van der Waals surface area (Å²) < 4.78 is 1.66. The molecular weight excluding hydrogens is 188 g/mol. The van der Waals surface area contributed by atoms with E-state index in [1.54, 1.807) is 4.52 Å². The smallest absolute Gasteiger partial charge is 0.243 e. The Morgan fingerprint density at radius 3 is 3.15 bits per heavy atom. The molecule has 0 atom stereocenters. The maximum atomic E-state index is 5.68. The lowest BCUT2D eigenvalue weighted by molar-refractivity contribution is 0.922. The summed E-state index contributed by atoms with van der Waals surface area (Å²) in [7, 11) is 0. The number of pyridine rings is 1. The van der Waals surface area contributed by atoms with Gasteiger partial charge >= 0.3 is 0 Å². The molecule has 2 N–H and O–H groups in total. The number of nitrogens with zero attached hydrogens (tertiary/aromatic N) is 3. The molecule has 4 nitrogen and oxygen atoms in total. The van der Waals surface area contributed by atoms with E-state index in [1.807, 2.05) is 18.3 Å². The third-order valence-electron chi connectivity index (χ3n) is 1.83. The van der Waals surface area contributed by atoms with Crippen molar-refractivity contribution in [3.05, 3.63) is 29.2 Å². The van der Waals surface area contributed by atoms with E-state index in [0.717, 1.165) is 17.6 Å². The second kappa shape index (κ2) is 3.32. The first-order chi connectivity index (χ1) is 6.31. The molecule has 0 saturated heterocycles. The third kappa shape index (κ3) is 1.50. The predicted molar refractivity (Wildman–Crippen MR) is 50.8 cm³/mol. The van der Waals surface area contributed by atoms with Crippen LogP contribution in [0.4, 0.5) is 0 Å². The van der Waals surface area contributed by atoms with Gasteiger partial charge in [-0.05, 0) is 36.2 Å². The van der Waals surface area contributed by atoms with Gasteiger partial charge in [-0.25, -0.2) is 4.52 Å². The van der Waals surface area contributed by atoms with E-state index in [0.29, 0.717) is 6.54 Å². The summed E-state index contributed by atoms with van der Waals surface area (Å²) in [6.07, 6.45) is 2.60. The van der Waals surface area contributed by atoms with Crippen LogP contribution in [0.3, 0.4) is 0 Å². The Hall–Kier alpha value is -1.13. The molecule has 0 fully saturated rings. The second-order valence-electron chi connectivity index (χ2n) is 2.72. The van der Waals surface area contributed by atoms with Crippen molar-refractivity contribution in [2.75, 3.05) is 6.54 Å². The molecule has 5 heteroatoms. The number of rotatable bonds is 2. The van der Waals surface area contributed by atoms with Crippen molar-refractivity contribution in [1.82, 2.24) is 14.6 Å². The van der Waals surface area contributed by atoms with E-state index in [4.69, 9.17) is 17.3 Å². The van der Waals surface area contributed by atoms with Crippen LogP contribution >= 0.6 is 11.6 Å². The molecular formula is C8H9ClN4. The molecule has 0 radical (unpaired) electrons. The van der Waals surface area contributed by atoms with Crippen molar-refractivity contribution in [1.29, 1.82) is 0 Å². The lowest BCUT2D eigenvalue weighted by atomic mass is 10.2. The Kier molecular flexibility index (Phi) is 2.16. The zero-order chi connectivity index (χ0) is 9.26. The minimum Gasteiger partial charge on any atom is -0.330 e. The first-order valence-electron chi connectivity index (χ1n) is 4.01. The SMILES string of the molecule is NCCc1cccn2nc(Cl)nc12. The summed E-state index contributed by atoms with van der Waals surface area (Å²) in [4.78, 5) is 4.09. The summed E-state index contributed by atoms with van der Waals surface area (Å²) in [5.41, 5.74) is 7.33. The number of nitrogens with two attached hydrogens (primary N) is 1. The number of hydrogen-bond acceptors (Lipinski definition) is 3. The topological polar surface area (TPSA) is 56.2 Å². The number of hydrogen-bond donors (Lipinski definition) is 1. The van der Waals surface area contributed by atoms with Crippen molar-refractivity contribution < 1.29 is 0 Å². The van der Waals surface area contributed by atoms with Crippen LogP contribution in [-0.2, 0) is 6.42 Å². The van der Waals surface area contributed by atoms with Crippen molar-refractivity contribution >= 4 is 17.2 Å². The van der Waals surface area contributed by atoms with Crippen molar-refractivity contribution in [2.24, 2.45) is 5.73 Å². The number of fused-ring (bicyclic) bond motifs is 1. The highest BCUT2D eigenvalue weighted by atomic mass is 35.5. The highest BCUT2D eigenvalue weighted by Crippen LogP contribution is 2.11. The molecule has 0 bridgehead atoms. The normalized spacial score (nSPS) is 10.9. The van der Waals surface area contributed by atoms with Crippen molar-refractivity contribution in [3.63, 3.8) is 0 Å². The van der Waals surface area contributed by atoms with E-state index in [2.05, 4.69) is 10.1 Å². The Morgan fingerprint density at radius 1 is 1.54 bits per heavy atom. The average molecular weight is 197 g/mol. The summed E-state index contributed by atoms with van der Waals surface area (Å²) in [5.74, 6) is 0. The van der Waals surface area contributed by atoms with Crippen LogP contribution in [0, 0.1) is 0 Å². The molecule has 2 heterocycles. The Balaban J connectivity index is 2.60. The van der Waals surface area contributed by atoms with Crippen LogP contribution in [0.2, 0.25) is 5.28 Å². The lowest BCUT2D eigenvalue weighted by Gasteiger charge is -1.98. The number of halogens is 1. The van der Waals surface area contributed by atoms with Gasteiger partial charge in [-0.1, -0.05) is 6.07 Å². The Labute approximate surface area is 80.3 Å². The molecule has 0 aliphatic rings. The van der Waals surface area contributed by atoms with Gasteiger partial charge in [-0.15, -0.1) is 5.10 Å². The fraction of sp³-hybridized carbons (Fsp3) is 0.250. The van der Waals surface area contributed by atoms with E-state index < -0.39 is 0 Å². The lowest BCUT2D eigenvalue weighted by Crippen LogP contribution is -2.04. The third-order valence-corrected chi connectivity index (χ3v) is 1.99. The van der Waals surface area contributed by atoms with Crippen LogP contribution < -0.4 is 5.73 Å². The Bertz CT molecular complexity index is 423. The van der Waals surface area contributed by atoms with Crippen molar-refractivity contribution in [3.8, 4) is 0 Å². The quantitative estimate of drug-likeness (QED) is 0.776. The fourth-order valence-corrected chi connectivity index (χ4v) is 1.45. The molecule has 68 valence electrons. The van der Waals surface area contributed by atoms with Crippen LogP contribution in [0.5, 0.6) is 0 Å². The zero-order valence-corrected chi connectivity index (χ0v) is 7.70. The average Bonchev–Trinajstić information content (AvgIpc) is 2.47. The van der Waals surface area contributed by atoms with Gasteiger partial charge in [0, 0.05) is 6.20 Å². The highest BCUT2D eigenvalue weighted by molar-refractivity contribution is 6.28. The molecule has 0 spiro atoms. The van der Waals surface area contributed by atoms with Gasteiger partial charge in [0.25, 0.3) is 0 Å². The highest BCUT2D eigenvalue weighted by Gasteiger charge is 2.04. The molecule has 13 heavy (non-hydrogen) atoms. The minimum atomic E-state index is 0.268. The first kappa shape index (κ1) is 8.47. The monoisotopic (exact) mass is 196 g/mol. The van der Waals surface area contributed by atoms with Gasteiger partial charge in [0.2, 0.25) is 5.28 Å². The molecule has 0 aliphatic carbocycles. The molecule has 2 aromatic rings. The predicted octanol–water partition coefficient (Wildman–Crippen LogP) is 0.884. The summed E-state index contributed by atoms with van der Waals surface area (Å²) in [6, 6.07) is 3.89. The number of aromatic nitrogens is 3. The standard InChI is InChI=1S/C8H9ClN4/c9-8-11-7-6(3-4-10)2-1-5-13(7)12-8/h1-2,5H,3-4,10H2. The van der Waals surface area contributed by atoms with Crippen LogP contribution in [0.1, 0.15) is 5.56 Å². The van der Waals surface area contributed by atoms with Gasteiger partial charge < -0.3 is 5.73 Å². The van der Waals surface area contributed by atoms with Gasteiger partial charge in [-0.3, -0.25) is 0 Å². The first-order valence-corrected chi connectivity index (χ1v) is 4.39. The molecule has 2 rings (SSSR count). The zero-order valence-electron chi connectivity index (χ0n) is 6.94. The van der Waals surface area contributed by atoms with Gasteiger partial charge in [0.05, 0.1) is 0 Å². The summed E-state index contributed by atoms with van der Waals surface area (Å²) >= 11 is 5.68. The van der Waals surface area contributed by atoms with E-state index >= 15 is 0 Å². The molecule has 2 aromatic heterocycles. The maximum absolute atomic E-state index is 5.68. The molecule has 0 saturated carbocycles. The largest absolute Gasteiger partial charge is 0.330 e. The maximum Gasteiger partial charge on any atom is 0.243 e. The second-order valence-corrected chi connectivity index (χ2v) is 3.06. The van der Waals surface area contributed by atoms with Crippen molar-refractivity contribution in [2.45, 2.75) is 6.42 Å². The minimum absolute atomic E-state index is 0.268. The molecule has 0 amide bonds. The molecule has 0 unspecified atom stereocenters. The molecule has 0 aliphatic heterocycles. The van der Waals surface area contributed by atoms with E-state index in [9.17, 15) is 0 Å². The van der Waals surface area contributed by atoms with Crippen LogP contribution in [0.15, 0.2) is 18.3 Å². The van der Waals surface area contributed by atoms with Gasteiger partial charge in [0.15, 0.2) is 5.65 Å².